The van der Waals surface area contributed by atoms with Crippen molar-refractivity contribution < 1.29 is 19.1 Å². The van der Waals surface area contributed by atoms with Crippen LogP contribution in [0.2, 0.25) is 0 Å². The van der Waals surface area contributed by atoms with Crippen LogP contribution in [-0.4, -0.2) is 37.6 Å². The molecule has 0 atom stereocenters. The second kappa shape index (κ2) is 10.1. The van der Waals surface area contributed by atoms with Crippen LogP contribution in [0.5, 0.6) is 11.5 Å². The highest BCUT2D eigenvalue weighted by Crippen LogP contribution is 2.33. The van der Waals surface area contributed by atoms with Gasteiger partial charge >= 0.3 is 0 Å². The molecule has 0 aliphatic heterocycles. The van der Waals surface area contributed by atoms with Crippen molar-refractivity contribution in [1.82, 2.24) is 10.3 Å². The molecule has 0 aliphatic rings. The van der Waals surface area contributed by atoms with Crippen LogP contribution in [0.4, 0.5) is 5.69 Å². The van der Waals surface area contributed by atoms with Gasteiger partial charge in [-0.3, -0.25) is 9.59 Å². The number of anilines is 1. The summed E-state index contributed by atoms with van der Waals surface area (Å²) in [6, 6.07) is 11.4. The predicted octanol–water partition coefficient (Wildman–Crippen LogP) is 3.74. The van der Waals surface area contributed by atoms with Crippen molar-refractivity contribution in [2.75, 3.05) is 26.1 Å². The van der Waals surface area contributed by atoms with E-state index >= 15 is 0 Å². The van der Waals surface area contributed by atoms with Gasteiger partial charge in [0.2, 0.25) is 11.8 Å². The molecule has 1 aromatic heterocycles. The lowest BCUT2D eigenvalue weighted by Crippen LogP contribution is -2.34. The molecule has 2 N–H and O–H groups in total. The summed E-state index contributed by atoms with van der Waals surface area (Å²) < 4.78 is 10.6. The van der Waals surface area contributed by atoms with Crippen molar-refractivity contribution in [3.63, 3.8) is 0 Å². The molecule has 7 nitrogen and oxygen atoms in total. The zero-order chi connectivity index (χ0) is 22.4. The number of carbonyl (C=O) groups is 2. The highest BCUT2D eigenvalue weighted by molar-refractivity contribution is 7.13. The second-order valence-electron chi connectivity index (χ2n) is 6.98. The molecule has 0 saturated heterocycles. The van der Waals surface area contributed by atoms with Crippen LogP contribution in [0.3, 0.4) is 0 Å². The highest BCUT2D eigenvalue weighted by atomic mass is 32.1. The van der Waals surface area contributed by atoms with Crippen LogP contribution in [0.15, 0.2) is 41.8 Å². The monoisotopic (exact) mass is 439 g/mol. The zero-order valence-corrected chi connectivity index (χ0v) is 18.8. The maximum absolute atomic E-state index is 12.3. The summed E-state index contributed by atoms with van der Waals surface area (Å²) in [4.78, 5) is 29.0. The summed E-state index contributed by atoms with van der Waals surface area (Å²) in [7, 11) is 3.16. The first kappa shape index (κ1) is 22.3. The van der Waals surface area contributed by atoms with Crippen LogP contribution in [-0.2, 0) is 16.0 Å². The fourth-order valence-electron chi connectivity index (χ4n) is 3.09. The second-order valence-corrected chi connectivity index (χ2v) is 7.84. The van der Waals surface area contributed by atoms with Gasteiger partial charge in [-0.25, -0.2) is 4.98 Å². The Bertz CT molecular complexity index is 1070. The molecule has 0 fully saturated rings. The van der Waals surface area contributed by atoms with Crippen molar-refractivity contribution >= 4 is 28.8 Å². The van der Waals surface area contributed by atoms with E-state index in [2.05, 4.69) is 15.6 Å². The van der Waals surface area contributed by atoms with E-state index in [1.807, 2.05) is 55.6 Å². The minimum absolute atomic E-state index is 0.0977. The number of para-hydroxylation sites is 1. The fourth-order valence-corrected chi connectivity index (χ4v) is 3.91. The predicted molar refractivity (Wildman–Crippen MR) is 122 cm³/mol. The maximum atomic E-state index is 12.3. The van der Waals surface area contributed by atoms with Gasteiger partial charge in [0.25, 0.3) is 0 Å². The molecule has 0 saturated carbocycles. The molecule has 3 aromatic rings. The molecule has 0 unspecified atom stereocenters. The van der Waals surface area contributed by atoms with Gasteiger partial charge < -0.3 is 20.1 Å². The van der Waals surface area contributed by atoms with E-state index in [4.69, 9.17) is 9.47 Å². The van der Waals surface area contributed by atoms with E-state index in [1.54, 1.807) is 14.2 Å². The number of aryl methyl sites for hydroxylation is 2. The van der Waals surface area contributed by atoms with Crippen molar-refractivity contribution in [3.05, 3.63) is 58.6 Å². The summed E-state index contributed by atoms with van der Waals surface area (Å²) in [5, 5.41) is 8.11. The number of methoxy groups -OCH3 is 2. The topological polar surface area (TPSA) is 89.5 Å². The molecular weight excluding hydrogens is 414 g/mol. The third-order valence-electron chi connectivity index (χ3n) is 4.72. The Labute approximate surface area is 185 Å². The largest absolute Gasteiger partial charge is 0.493 e. The number of rotatable bonds is 8. The molecule has 0 aliphatic carbocycles. The Morgan fingerprint density at radius 1 is 1.00 bits per heavy atom. The number of hydrogen-bond acceptors (Lipinski definition) is 6. The lowest BCUT2D eigenvalue weighted by atomic mass is 10.1. The van der Waals surface area contributed by atoms with Crippen LogP contribution >= 0.6 is 11.3 Å². The standard InChI is InChI=1S/C23H25N3O4S/c1-14-6-5-7-15(2)22(14)26-21(28)12-24-20(27)11-17-13-31-23(25-17)16-8-9-18(29-3)19(10-16)30-4/h5-10,13H,11-12H2,1-4H3,(H,24,27)(H,26,28). The molecule has 31 heavy (non-hydrogen) atoms. The van der Waals surface area contributed by atoms with Crippen LogP contribution in [0.1, 0.15) is 16.8 Å². The fraction of sp³-hybridized carbons (Fsp3) is 0.261. The lowest BCUT2D eigenvalue weighted by Gasteiger charge is -2.11. The van der Waals surface area contributed by atoms with Gasteiger partial charge in [0.1, 0.15) is 5.01 Å². The van der Waals surface area contributed by atoms with Crippen LogP contribution in [0.25, 0.3) is 10.6 Å². The molecule has 3 rings (SSSR count). The van der Waals surface area contributed by atoms with Gasteiger partial charge in [-0.05, 0) is 43.2 Å². The number of benzene rings is 2. The minimum atomic E-state index is -0.268. The Morgan fingerprint density at radius 2 is 1.71 bits per heavy atom. The number of nitrogens with one attached hydrogen (secondary N) is 2. The Morgan fingerprint density at radius 3 is 2.39 bits per heavy atom. The first-order chi connectivity index (χ1) is 14.9. The molecular formula is C23H25N3O4S. The summed E-state index contributed by atoms with van der Waals surface area (Å²) in [6.45, 7) is 3.76. The van der Waals surface area contributed by atoms with Crippen molar-refractivity contribution in [2.45, 2.75) is 20.3 Å². The third kappa shape index (κ3) is 5.61. The normalized spacial score (nSPS) is 10.5. The SMILES string of the molecule is COc1ccc(-c2nc(CC(=O)NCC(=O)Nc3c(C)cccc3C)cs2)cc1OC. The van der Waals surface area contributed by atoms with E-state index in [0.29, 0.717) is 17.2 Å². The smallest absolute Gasteiger partial charge is 0.243 e. The molecule has 162 valence electrons. The summed E-state index contributed by atoms with van der Waals surface area (Å²) in [5.41, 5.74) is 4.25. The average molecular weight is 440 g/mol. The quantitative estimate of drug-likeness (QED) is 0.558. The minimum Gasteiger partial charge on any atom is -0.493 e. The van der Waals surface area contributed by atoms with E-state index in [0.717, 1.165) is 27.4 Å². The first-order valence-corrected chi connectivity index (χ1v) is 10.6. The zero-order valence-electron chi connectivity index (χ0n) is 17.9. The highest BCUT2D eigenvalue weighted by Gasteiger charge is 2.13. The molecule has 2 aromatic carbocycles. The Kier molecular flexibility index (Phi) is 7.25. The van der Waals surface area contributed by atoms with E-state index < -0.39 is 0 Å². The number of aromatic nitrogens is 1. The van der Waals surface area contributed by atoms with Gasteiger partial charge in [0.15, 0.2) is 11.5 Å². The van der Waals surface area contributed by atoms with Gasteiger partial charge in [-0.1, -0.05) is 18.2 Å². The van der Waals surface area contributed by atoms with E-state index in [1.165, 1.54) is 11.3 Å². The summed E-state index contributed by atoms with van der Waals surface area (Å²) in [5.74, 6) is 0.724. The molecule has 8 heteroatoms. The van der Waals surface area contributed by atoms with E-state index in [-0.39, 0.29) is 24.8 Å². The van der Waals surface area contributed by atoms with E-state index in [9.17, 15) is 9.59 Å². The number of hydrogen-bond donors (Lipinski definition) is 2. The molecule has 1 heterocycles. The van der Waals surface area contributed by atoms with Gasteiger partial charge in [0.05, 0.1) is 32.9 Å². The summed E-state index contributed by atoms with van der Waals surface area (Å²) >= 11 is 1.44. The third-order valence-corrected chi connectivity index (χ3v) is 5.66. The number of nitrogens with zero attached hydrogens (tertiary/aromatic N) is 1. The number of carbonyl (C=O) groups excluding carboxylic acids is 2. The van der Waals surface area contributed by atoms with Gasteiger partial charge in [0, 0.05) is 16.6 Å². The Balaban J connectivity index is 1.56. The molecule has 2 amide bonds. The van der Waals surface area contributed by atoms with Crippen LogP contribution in [0, 0.1) is 13.8 Å². The molecule has 0 bridgehead atoms. The number of ether oxygens (including phenoxy) is 2. The number of amides is 2. The van der Waals surface area contributed by atoms with Crippen molar-refractivity contribution in [2.24, 2.45) is 0 Å². The first-order valence-electron chi connectivity index (χ1n) is 9.70. The maximum Gasteiger partial charge on any atom is 0.243 e. The summed E-state index contributed by atoms with van der Waals surface area (Å²) in [6.07, 6.45) is 0.0977. The van der Waals surface area contributed by atoms with Crippen molar-refractivity contribution in [1.29, 1.82) is 0 Å². The lowest BCUT2D eigenvalue weighted by molar-refractivity contribution is -0.123. The molecule has 0 radical (unpaired) electrons. The van der Waals surface area contributed by atoms with Crippen LogP contribution < -0.4 is 20.1 Å². The van der Waals surface area contributed by atoms with Gasteiger partial charge in [-0.15, -0.1) is 11.3 Å². The average Bonchev–Trinajstić information content (AvgIpc) is 3.22. The van der Waals surface area contributed by atoms with Crippen molar-refractivity contribution in [3.8, 4) is 22.1 Å². The molecule has 0 spiro atoms. The number of thiazole rings is 1. The Hall–Kier alpha value is -3.39. The van der Waals surface area contributed by atoms with Gasteiger partial charge in [-0.2, -0.15) is 0 Å².